The summed E-state index contributed by atoms with van der Waals surface area (Å²) < 4.78 is 36.5. The summed E-state index contributed by atoms with van der Waals surface area (Å²) in [6.45, 7) is 0.491. The molecule has 1 aliphatic rings. The second-order valence-electron chi connectivity index (χ2n) is 4.34. The fourth-order valence-corrected chi connectivity index (χ4v) is 2.14. The largest absolute Gasteiger partial charge is 0.398 e. The van der Waals surface area contributed by atoms with E-state index in [1.54, 1.807) is 18.2 Å². The summed E-state index contributed by atoms with van der Waals surface area (Å²) >= 11 is 0. The van der Waals surface area contributed by atoms with Gasteiger partial charge in [0.25, 0.3) is 0 Å². The highest BCUT2D eigenvalue weighted by Gasteiger charge is 2.34. The maximum Gasteiger partial charge on any atom is 0.397 e. The van der Waals surface area contributed by atoms with Crippen LogP contribution in [0.4, 0.5) is 18.9 Å². The molecule has 0 aliphatic carbocycles. The van der Waals surface area contributed by atoms with Crippen LogP contribution in [-0.2, 0) is 17.8 Å². The van der Waals surface area contributed by atoms with E-state index in [4.69, 9.17) is 5.73 Å². The molecule has 0 spiro atoms. The molecule has 1 heterocycles. The Hall–Kier alpha value is -1.72. The van der Waals surface area contributed by atoms with E-state index >= 15 is 0 Å². The molecule has 0 aromatic heterocycles. The van der Waals surface area contributed by atoms with Gasteiger partial charge in [0.1, 0.15) is 6.42 Å². The van der Waals surface area contributed by atoms with Crippen molar-refractivity contribution < 1.29 is 18.0 Å². The predicted molar refractivity (Wildman–Crippen MR) is 60.6 cm³/mol. The molecule has 0 atom stereocenters. The van der Waals surface area contributed by atoms with Crippen LogP contribution in [0.1, 0.15) is 17.5 Å². The van der Waals surface area contributed by atoms with Crippen LogP contribution in [0.25, 0.3) is 0 Å². The van der Waals surface area contributed by atoms with Crippen molar-refractivity contribution >= 4 is 11.6 Å². The maximum absolute atomic E-state index is 12.2. The Labute approximate surface area is 102 Å². The van der Waals surface area contributed by atoms with Gasteiger partial charge in [0.05, 0.1) is 0 Å². The van der Waals surface area contributed by atoms with Gasteiger partial charge in [0.15, 0.2) is 0 Å². The number of anilines is 1. The van der Waals surface area contributed by atoms with Gasteiger partial charge in [0, 0.05) is 18.8 Å². The lowest BCUT2D eigenvalue weighted by atomic mass is 9.98. The first-order chi connectivity index (χ1) is 8.37. The van der Waals surface area contributed by atoms with Crippen LogP contribution in [0.5, 0.6) is 0 Å². The number of nitrogens with two attached hydrogens (primary N) is 1. The first-order valence-electron chi connectivity index (χ1n) is 5.57. The van der Waals surface area contributed by atoms with Crippen LogP contribution in [0.3, 0.4) is 0 Å². The molecule has 2 rings (SSSR count). The van der Waals surface area contributed by atoms with Crippen molar-refractivity contribution in [2.24, 2.45) is 0 Å². The molecular weight excluding hydrogens is 245 g/mol. The van der Waals surface area contributed by atoms with Gasteiger partial charge in [0.2, 0.25) is 5.91 Å². The molecule has 0 bridgehead atoms. The number of carbonyl (C=O) groups is 1. The molecular formula is C12H13F3N2O. The highest BCUT2D eigenvalue weighted by atomic mass is 19.4. The van der Waals surface area contributed by atoms with E-state index in [9.17, 15) is 18.0 Å². The fourth-order valence-electron chi connectivity index (χ4n) is 2.14. The predicted octanol–water partition coefficient (Wildman–Crippen LogP) is 2.11. The number of nitrogen functional groups attached to an aromatic ring is 1. The average Bonchev–Trinajstić information content (AvgIpc) is 2.26. The third-order valence-electron chi connectivity index (χ3n) is 3.01. The fraction of sp³-hybridized carbons (Fsp3) is 0.417. The standard InChI is InChI=1S/C12H13F3N2O/c13-12(14,15)6-11(18)17-5-4-9-8(7-17)2-1-3-10(9)16/h1-3H,4-7,16H2. The zero-order valence-corrected chi connectivity index (χ0v) is 9.63. The van der Waals surface area contributed by atoms with Crippen molar-refractivity contribution in [1.29, 1.82) is 0 Å². The summed E-state index contributed by atoms with van der Waals surface area (Å²) in [7, 11) is 0. The van der Waals surface area contributed by atoms with Crippen molar-refractivity contribution in [1.82, 2.24) is 4.90 Å². The molecule has 1 aliphatic heterocycles. The number of rotatable bonds is 1. The number of benzene rings is 1. The number of nitrogens with zero attached hydrogens (tertiary/aromatic N) is 1. The Morgan fingerprint density at radius 1 is 1.39 bits per heavy atom. The molecule has 6 heteroatoms. The third kappa shape index (κ3) is 2.75. The van der Waals surface area contributed by atoms with Crippen molar-refractivity contribution in [3.8, 4) is 0 Å². The van der Waals surface area contributed by atoms with Gasteiger partial charge in [-0.3, -0.25) is 4.79 Å². The van der Waals surface area contributed by atoms with Crippen molar-refractivity contribution in [2.75, 3.05) is 12.3 Å². The quantitative estimate of drug-likeness (QED) is 0.784. The second-order valence-corrected chi connectivity index (χ2v) is 4.34. The first kappa shape index (κ1) is 12.7. The lowest BCUT2D eigenvalue weighted by Gasteiger charge is -2.29. The van der Waals surface area contributed by atoms with Crippen LogP contribution in [-0.4, -0.2) is 23.5 Å². The maximum atomic E-state index is 12.2. The Balaban J connectivity index is 2.11. The molecule has 1 aromatic carbocycles. The van der Waals surface area contributed by atoms with Gasteiger partial charge in [-0.05, 0) is 23.6 Å². The van der Waals surface area contributed by atoms with E-state index in [0.29, 0.717) is 12.1 Å². The highest BCUT2D eigenvalue weighted by molar-refractivity contribution is 5.77. The normalized spacial score (nSPS) is 15.4. The second kappa shape index (κ2) is 4.51. The van der Waals surface area contributed by atoms with Gasteiger partial charge in [-0.1, -0.05) is 12.1 Å². The topological polar surface area (TPSA) is 46.3 Å². The van der Waals surface area contributed by atoms with Gasteiger partial charge in [-0.15, -0.1) is 0 Å². The molecule has 2 N–H and O–H groups in total. The van der Waals surface area contributed by atoms with Crippen molar-refractivity contribution in [3.63, 3.8) is 0 Å². The van der Waals surface area contributed by atoms with Crippen LogP contribution < -0.4 is 5.73 Å². The number of alkyl halides is 3. The monoisotopic (exact) mass is 258 g/mol. The zero-order valence-electron chi connectivity index (χ0n) is 9.63. The minimum atomic E-state index is -4.45. The minimum Gasteiger partial charge on any atom is -0.398 e. The molecule has 18 heavy (non-hydrogen) atoms. The minimum absolute atomic E-state index is 0.204. The van der Waals surface area contributed by atoms with Gasteiger partial charge in [-0.2, -0.15) is 13.2 Å². The number of hydrogen-bond donors (Lipinski definition) is 1. The van der Waals surface area contributed by atoms with Crippen LogP contribution >= 0.6 is 0 Å². The molecule has 0 unspecified atom stereocenters. The van der Waals surface area contributed by atoms with E-state index < -0.39 is 18.5 Å². The highest BCUT2D eigenvalue weighted by Crippen LogP contribution is 2.26. The molecule has 1 aromatic rings. The average molecular weight is 258 g/mol. The number of hydrogen-bond acceptors (Lipinski definition) is 2. The number of amides is 1. The Bertz CT molecular complexity index is 471. The van der Waals surface area contributed by atoms with Crippen LogP contribution in [0.2, 0.25) is 0 Å². The lowest BCUT2D eigenvalue weighted by Crippen LogP contribution is -2.38. The van der Waals surface area contributed by atoms with E-state index in [0.717, 1.165) is 11.1 Å². The zero-order chi connectivity index (χ0) is 13.3. The molecule has 3 nitrogen and oxygen atoms in total. The van der Waals surface area contributed by atoms with Gasteiger partial charge >= 0.3 is 6.18 Å². The molecule has 98 valence electrons. The Kier molecular flexibility index (Phi) is 3.19. The van der Waals surface area contributed by atoms with Crippen LogP contribution in [0, 0.1) is 0 Å². The van der Waals surface area contributed by atoms with E-state index in [2.05, 4.69) is 0 Å². The number of halogens is 3. The van der Waals surface area contributed by atoms with Crippen molar-refractivity contribution in [3.05, 3.63) is 29.3 Å². The van der Waals surface area contributed by atoms with Crippen molar-refractivity contribution in [2.45, 2.75) is 25.6 Å². The number of carbonyl (C=O) groups excluding carboxylic acids is 1. The van der Waals surface area contributed by atoms with E-state index in [1.807, 2.05) is 0 Å². The smallest absolute Gasteiger partial charge is 0.397 e. The molecule has 1 amide bonds. The van der Waals surface area contributed by atoms with E-state index in [1.165, 1.54) is 4.90 Å². The first-order valence-corrected chi connectivity index (χ1v) is 5.57. The van der Waals surface area contributed by atoms with Gasteiger partial charge in [-0.25, -0.2) is 0 Å². The molecule has 0 saturated heterocycles. The Morgan fingerprint density at radius 2 is 2.11 bits per heavy atom. The summed E-state index contributed by atoms with van der Waals surface area (Å²) in [4.78, 5) is 12.7. The Morgan fingerprint density at radius 3 is 2.78 bits per heavy atom. The summed E-state index contributed by atoms with van der Waals surface area (Å²) in [5.41, 5.74) is 8.18. The molecule has 0 radical (unpaired) electrons. The molecule has 0 saturated carbocycles. The summed E-state index contributed by atoms with van der Waals surface area (Å²) in [6, 6.07) is 5.29. The summed E-state index contributed by atoms with van der Waals surface area (Å²) in [5.74, 6) is -0.879. The SMILES string of the molecule is Nc1cccc2c1CCN(C(=O)CC(F)(F)F)C2. The summed E-state index contributed by atoms with van der Waals surface area (Å²) in [6.07, 6.45) is -5.34. The molecule has 0 fully saturated rings. The summed E-state index contributed by atoms with van der Waals surface area (Å²) in [5, 5.41) is 0. The van der Waals surface area contributed by atoms with Crippen LogP contribution in [0.15, 0.2) is 18.2 Å². The lowest BCUT2D eigenvalue weighted by molar-refractivity contribution is -0.162. The van der Waals surface area contributed by atoms with Gasteiger partial charge < -0.3 is 10.6 Å². The number of fused-ring (bicyclic) bond motifs is 1. The van der Waals surface area contributed by atoms with E-state index in [-0.39, 0.29) is 13.1 Å². The third-order valence-corrected chi connectivity index (χ3v) is 3.01.